The van der Waals surface area contributed by atoms with Gasteiger partial charge in [0, 0.05) is 34.4 Å². The molecular weight excluding hydrogens is 605 g/mol. The first-order chi connectivity index (χ1) is 24.8. The van der Waals surface area contributed by atoms with E-state index >= 15 is 0 Å². The van der Waals surface area contributed by atoms with Crippen molar-refractivity contribution in [1.29, 1.82) is 0 Å². The lowest BCUT2D eigenvalue weighted by Crippen LogP contribution is -2.32. The van der Waals surface area contributed by atoms with Crippen LogP contribution < -0.4 is 4.90 Å². The molecule has 2 unspecified atom stereocenters. The second-order valence-corrected chi connectivity index (χ2v) is 14.5. The van der Waals surface area contributed by atoms with Crippen LogP contribution in [0.5, 0.6) is 0 Å². The zero-order chi connectivity index (χ0) is 33.0. The Kier molecular flexibility index (Phi) is 7.22. The highest BCUT2D eigenvalue weighted by Crippen LogP contribution is 2.49. The monoisotopic (exact) mass is 646 g/mol. The molecule has 0 radical (unpaired) electrons. The Hall–Kier alpha value is -5.34. The summed E-state index contributed by atoms with van der Waals surface area (Å²) in [5, 5.41) is 0. The summed E-state index contributed by atoms with van der Waals surface area (Å²) in [6.45, 7) is 0. The van der Waals surface area contributed by atoms with Crippen LogP contribution in [0.1, 0.15) is 89.2 Å². The fraction of sp³-hybridized carbons (Fsp3) is 0.208. The molecule has 5 aliphatic carbocycles. The van der Waals surface area contributed by atoms with E-state index in [9.17, 15) is 0 Å². The number of rotatable bonds is 5. The summed E-state index contributed by atoms with van der Waals surface area (Å²) in [4.78, 5) is 2.67. The Balaban J connectivity index is 1.03. The van der Waals surface area contributed by atoms with Crippen molar-refractivity contribution in [2.45, 2.75) is 63.3 Å². The van der Waals surface area contributed by atoms with E-state index in [4.69, 9.17) is 0 Å². The van der Waals surface area contributed by atoms with Crippen LogP contribution in [-0.4, -0.2) is 10.6 Å². The van der Waals surface area contributed by atoms with E-state index in [2.05, 4.69) is 155 Å². The highest BCUT2D eigenvalue weighted by atomic mass is 15.2. The largest absolute Gasteiger partial charge is 0.337 e. The molecule has 6 aliphatic rings. The zero-order valence-corrected chi connectivity index (χ0v) is 28.6. The van der Waals surface area contributed by atoms with Crippen molar-refractivity contribution >= 4 is 40.3 Å². The van der Waals surface area contributed by atoms with Gasteiger partial charge in [0.2, 0.25) is 0 Å². The molecule has 0 fully saturated rings. The minimum absolute atomic E-state index is 0.326. The average molecular weight is 647 g/mol. The van der Waals surface area contributed by atoms with Gasteiger partial charge in [-0.3, -0.25) is 0 Å². The molecule has 3 aromatic carbocycles. The van der Waals surface area contributed by atoms with Gasteiger partial charge in [-0.2, -0.15) is 0 Å². The first-order valence-electron chi connectivity index (χ1n) is 18.6. The van der Waals surface area contributed by atoms with Gasteiger partial charge in [0.05, 0.1) is 6.04 Å². The summed E-state index contributed by atoms with van der Waals surface area (Å²) in [5.74, 6) is 0.385. The van der Waals surface area contributed by atoms with Crippen LogP contribution in [0, 0.1) is 0 Å². The minimum Gasteiger partial charge on any atom is -0.337 e. The SMILES string of the molecule is C1=CC2c3ccc(C4=Cc5c6c(n(C7=CC=C(c8ccccc8)CC7)c5CC4)C=CCC6)cc3N(C3=CC(c4ccccc4)=CCC3)C2C=C1. The second kappa shape index (κ2) is 12.2. The molecule has 2 heterocycles. The normalized spacial score (nSPS) is 21.7. The standard InChI is InChI=1S/C48H42N2/c1-3-12-33(13-4-1)35-22-26-39(27-23-35)49-46-21-10-8-19-42(46)44-31-37(25-29-47(44)49)38-24-28-43-41-18-7-9-20-45(41)50(48(43)32-38)40-17-11-16-36(30-40)34-14-5-2-6-15-34/h1-7,9-10,12-16,18,20-22,24,26,28,30-32,41,45H,8,11,17,19,23,25,27,29H2. The first-order valence-corrected chi connectivity index (χ1v) is 18.6. The summed E-state index contributed by atoms with van der Waals surface area (Å²) in [6, 6.07) is 29.5. The Labute approximate surface area is 296 Å². The van der Waals surface area contributed by atoms with Crippen molar-refractivity contribution in [3.05, 3.63) is 184 Å². The van der Waals surface area contributed by atoms with Crippen molar-refractivity contribution in [2.75, 3.05) is 4.90 Å². The molecule has 4 aromatic rings. The maximum Gasteiger partial charge on any atom is 0.0626 e. The third-order valence-electron chi connectivity index (χ3n) is 11.7. The van der Waals surface area contributed by atoms with Gasteiger partial charge in [-0.1, -0.05) is 115 Å². The number of anilines is 1. The molecule has 0 amide bonds. The first kappa shape index (κ1) is 29.6. The van der Waals surface area contributed by atoms with Gasteiger partial charge in [0.1, 0.15) is 0 Å². The number of hydrogen-bond acceptors (Lipinski definition) is 1. The maximum absolute atomic E-state index is 2.67. The van der Waals surface area contributed by atoms with Gasteiger partial charge in [-0.25, -0.2) is 0 Å². The Morgan fingerprint density at radius 1 is 0.620 bits per heavy atom. The summed E-state index contributed by atoms with van der Waals surface area (Å²) in [5.41, 5.74) is 19.9. The molecule has 2 nitrogen and oxygen atoms in total. The van der Waals surface area contributed by atoms with Crippen LogP contribution in [0.25, 0.3) is 34.6 Å². The van der Waals surface area contributed by atoms with E-state index in [1.54, 1.807) is 0 Å². The molecule has 50 heavy (non-hydrogen) atoms. The van der Waals surface area contributed by atoms with Crippen LogP contribution in [0.2, 0.25) is 0 Å². The van der Waals surface area contributed by atoms with Gasteiger partial charge in [0.15, 0.2) is 0 Å². The smallest absolute Gasteiger partial charge is 0.0626 e. The van der Waals surface area contributed by atoms with E-state index in [0.29, 0.717) is 12.0 Å². The van der Waals surface area contributed by atoms with E-state index in [-0.39, 0.29) is 0 Å². The highest BCUT2D eigenvalue weighted by Gasteiger charge is 2.39. The predicted molar refractivity (Wildman–Crippen MR) is 211 cm³/mol. The van der Waals surface area contributed by atoms with E-state index in [1.165, 1.54) is 78.6 Å². The zero-order valence-electron chi connectivity index (χ0n) is 28.6. The molecule has 2 heteroatoms. The van der Waals surface area contributed by atoms with Crippen molar-refractivity contribution in [2.24, 2.45) is 0 Å². The molecule has 244 valence electrons. The third-order valence-corrected chi connectivity index (χ3v) is 11.7. The molecule has 1 aliphatic heterocycles. The minimum atomic E-state index is 0.326. The molecule has 2 atom stereocenters. The molecule has 10 rings (SSSR count). The highest BCUT2D eigenvalue weighted by molar-refractivity contribution is 5.90. The summed E-state index contributed by atoms with van der Waals surface area (Å²) < 4.78 is 2.63. The fourth-order valence-corrected chi connectivity index (χ4v) is 9.33. The van der Waals surface area contributed by atoms with Gasteiger partial charge in [-0.15, -0.1) is 0 Å². The van der Waals surface area contributed by atoms with Gasteiger partial charge >= 0.3 is 0 Å². The van der Waals surface area contributed by atoms with Crippen LogP contribution in [-0.2, 0) is 12.8 Å². The Morgan fingerprint density at radius 3 is 2.28 bits per heavy atom. The average Bonchev–Trinajstić information content (AvgIpc) is 3.71. The van der Waals surface area contributed by atoms with E-state index in [1.807, 2.05) is 0 Å². The van der Waals surface area contributed by atoms with Crippen molar-refractivity contribution in [1.82, 2.24) is 4.57 Å². The molecule has 1 aromatic heterocycles. The number of allylic oxidation sites excluding steroid dienone is 12. The molecule has 0 saturated heterocycles. The Bertz CT molecular complexity index is 2260. The number of benzene rings is 3. The lowest BCUT2D eigenvalue weighted by Gasteiger charge is -2.32. The van der Waals surface area contributed by atoms with Gasteiger partial charge < -0.3 is 9.47 Å². The van der Waals surface area contributed by atoms with Gasteiger partial charge in [-0.05, 0) is 132 Å². The maximum atomic E-state index is 2.67. The predicted octanol–water partition coefficient (Wildman–Crippen LogP) is 11.8. The van der Waals surface area contributed by atoms with Crippen LogP contribution in [0.3, 0.4) is 0 Å². The van der Waals surface area contributed by atoms with Crippen molar-refractivity contribution in [3.8, 4) is 0 Å². The van der Waals surface area contributed by atoms with Crippen LogP contribution in [0.4, 0.5) is 5.69 Å². The third kappa shape index (κ3) is 4.92. The number of aromatic nitrogens is 1. The lowest BCUT2D eigenvalue weighted by atomic mass is 9.87. The molecule has 0 spiro atoms. The van der Waals surface area contributed by atoms with Gasteiger partial charge in [0.25, 0.3) is 0 Å². The molecule has 0 saturated carbocycles. The Morgan fingerprint density at radius 2 is 1.44 bits per heavy atom. The number of fused-ring (bicyclic) bond motifs is 6. The van der Waals surface area contributed by atoms with E-state index in [0.717, 1.165) is 51.4 Å². The molecular formula is C48H42N2. The quantitative estimate of drug-likeness (QED) is 0.209. The number of nitrogens with zero attached hydrogens (tertiary/aromatic N) is 2. The van der Waals surface area contributed by atoms with Crippen LogP contribution in [0.15, 0.2) is 139 Å². The summed E-state index contributed by atoms with van der Waals surface area (Å²) in [7, 11) is 0. The molecule has 0 bridgehead atoms. The van der Waals surface area contributed by atoms with Crippen molar-refractivity contribution < 1.29 is 0 Å². The number of hydrogen-bond donors (Lipinski definition) is 0. The van der Waals surface area contributed by atoms with Crippen LogP contribution >= 0.6 is 0 Å². The molecule has 0 N–H and O–H groups in total. The van der Waals surface area contributed by atoms with Crippen molar-refractivity contribution in [3.63, 3.8) is 0 Å². The summed E-state index contributed by atoms with van der Waals surface area (Å²) in [6.07, 6.45) is 34.9. The van der Waals surface area contributed by atoms with E-state index < -0.39 is 0 Å². The fourth-order valence-electron chi connectivity index (χ4n) is 9.33. The lowest BCUT2D eigenvalue weighted by molar-refractivity contribution is 0.702. The second-order valence-electron chi connectivity index (χ2n) is 14.5. The summed E-state index contributed by atoms with van der Waals surface area (Å²) >= 11 is 0. The topological polar surface area (TPSA) is 8.17 Å².